The van der Waals surface area contributed by atoms with Crippen LogP contribution in [0.3, 0.4) is 0 Å². The molecule has 3 aromatic rings. The third-order valence-corrected chi connectivity index (χ3v) is 5.18. The van der Waals surface area contributed by atoms with E-state index in [1.165, 1.54) is 24.1 Å². The molecule has 0 aliphatic heterocycles. The van der Waals surface area contributed by atoms with E-state index >= 15 is 0 Å². The van der Waals surface area contributed by atoms with Gasteiger partial charge in [0, 0.05) is 12.4 Å². The number of rotatable bonds is 6. The Balaban J connectivity index is 2.08. The van der Waals surface area contributed by atoms with Crippen LogP contribution in [0.15, 0.2) is 30.6 Å². The second-order valence-corrected chi connectivity index (χ2v) is 7.75. The molecule has 0 aliphatic carbocycles. The number of sulfonamides is 1. The van der Waals surface area contributed by atoms with Gasteiger partial charge in [0.25, 0.3) is 0 Å². The lowest BCUT2D eigenvalue weighted by molar-refractivity contribution is -0.106. The molecule has 0 fully saturated rings. The molecule has 1 aromatic carbocycles. The molecule has 13 heteroatoms. The van der Waals surface area contributed by atoms with Crippen LogP contribution in [0.25, 0.3) is 11.0 Å². The molecular formula is C17H12F5N3O4S. The summed E-state index contributed by atoms with van der Waals surface area (Å²) in [4.78, 5) is 19.4. The van der Waals surface area contributed by atoms with E-state index in [0.29, 0.717) is 12.1 Å². The van der Waals surface area contributed by atoms with Gasteiger partial charge < -0.3 is 9.72 Å². The molecule has 7 nitrogen and oxygen atoms in total. The van der Waals surface area contributed by atoms with Crippen LogP contribution in [0, 0.1) is 11.6 Å². The van der Waals surface area contributed by atoms with Crippen molar-refractivity contribution in [1.82, 2.24) is 9.97 Å². The van der Waals surface area contributed by atoms with Crippen LogP contribution >= 0.6 is 0 Å². The molecule has 0 unspecified atom stereocenters. The molecule has 0 amide bonds. The molecule has 0 bridgehead atoms. The summed E-state index contributed by atoms with van der Waals surface area (Å²) in [5.41, 5.74) is -2.22. The molecule has 0 radical (unpaired) electrons. The average molecular weight is 449 g/mol. The summed E-state index contributed by atoms with van der Waals surface area (Å²) in [6.07, 6.45) is -2.60. The van der Waals surface area contributed by atoms with Crippen molar-refractivity contribution in [3.8, 4) is 5.75 Å². The monoisotopic (exact) mass is 449 g/mol. The average Bonchev–Trinajstić information content (AvgIpc) is 3.06. The van der Waals surface area contributed by atoms with E-state index in [1.807, 2.05) is 0 Å². The highest BCUT2D eigenvalue weighted by Gasteiger charge is 2.36. The van der Waals surface area contributed by atoms with Crippen molar-refractivity contribution < 1.29 is 39.9 Å². The Morgan fingerprint density at radius 2 is 1.93 bits per heavy atom. The minimum Gasteiger partial charge on any atom is -0.496 e. The lowest BCUT2D eigenvalue weighted by Crippen LogP contribution is -2.28. The summed E-state index contributed by atoms with van der Waals surface area (Å²) in [6, 6.07) is 2.54. The number of nitrogens with zero attached hydrogens (tertiary/aromatic N) is 1. The van der Waals surface area contributed by atoms with Crippen LogP contribution in [-0.4, -0.2) is 43.2 Å². The smallest absolute Gasteiger partial charge is 0.404 e. The Morgan fingerprint density at radius 3 is 2.57 bits per heavy atom. The standard InChI is InChI=1S/C17H12F5N3O4S/c1-29-11-4-5-23-16-12(11)8(6-24-16)15(26)13-9(18)2-3-10(14(13)19)25-30(27,28)7-17(20,21)22/h2-6,25H,7H2,1H3,(H,23,24). The van der Waals surface area contributed by atoms with Crippen LogP contribution in [0.1, 0.15) is 15.9 Å². The van der Waals surface area contributed by atoms with Crippen LogP contribution in [0.4, 0.5) is 27.6 Å². The first-order valence-electron chi connectivity index (χ1n) is 8.03. The van der Waals surface area contributed by atoms with Crippen LogP contribution in [-0.2, 0) is 10.0 Å². The molecule has 0 spiro atoms. The van der Waals surface area contributed by atoms with E-state index in [4.69, 9.17) is 4.74 Å². The van der Waals surface area contributed by atoms with E-state index in [-0.39, 0.29) is 22.3 Å². The minimum absolute atomic E-state index is 0.117. The van der Waals surface area contributed by atoms with Gasteiger partial charge in [-0.25, -0.2) is 22.2 Å². The fourth-order valence-corrected chi connectivity index (χ4v) is 3.76. The first kappa shape index (κ1) is 21.5. The summed E-state index contributed by atoms with van der Waals surface area (Å²) in [6.45, 7) is 0. The number of benzene rings is 1. The van der Waals surface area contributed by atoms with Gasteiger partial charge in [-0.2, -0.15) is 13.2 Å². The van der Waals surface area contributed by atoms with Crippen LogP contribution in [0.2, 0.25) is 0 Å². The maximum absolute atomic E-state index is 14.8. The zero-order valence-electron chi connectivity index (χ0n) is 15.0. The van der Waals surface area contributed by atoms with Crippen molar-refractivity contribution in [3.05, 3.63) is 53.4 Å². The normalized spacial score (nSPS) is 12.2. The SMILES string of the molecule is COc1ccnc2[nH]cc(C(=O)c3c(F)ccc(NS(=O)(=O)CC(F)(F)F)c3F)c12. The fraction of sp³-hybridized carbons (Fsp3) is 0.176. The topological polar surface area (TPSA) is 101 Å². The van der Waals surface area contributed by atoms with Gasteiger partial charge in [0.2, 0.25) is 15.8 Å². The Morgan fingerprint density at radius 1 is 1.23 bits per heavy atom. The van der Waals surface area contributed by atoms with Crippen molar-refractivity contribution in [2.45, 2.75) is 6.18 Å². The van der Waals surface area contributed by atoms with E-state index < -0.39 is 50.6 Å². The van der Waals surface area contributed by atoms with Gasteiger partial charge in [0.15, 0.2) is 11.6 Å². The van der Waals surface area contributed by atoms with E-state index in [2.05, 4.69) is 9.97 Å². The van der Waals surface area contributed by atoms with E-state index in [0.717, 1.165) is 6.20 Å². The Bertz CT molecular complexity index is 1240. The Labute approximate surface area is 165 Å². The van der Waals surface area contributed by atoms with Crippen molar-refractivity contribution in [2.24, 2.45) is 0 Å². The lowest BCUT2D eigenvalue weighted by Gasteiger charge is -2.13. The molecular weight excluding hydrogens is 437 g/mol. The molecule has 2 heterocycles. The molecule has 0 aliphatic rings. The predicted octanol–water partition coefficient (Wildman–Crippen LogP) is 3.38. The number of ketones is 1. The van der Waals surface area contributed by atoms with Gasteiger partial charge in [-0.3, -0.25) is 9.52 Å². The zero-order chi connectivity index (χ0) is 22.3. The number of hydrogen-bond acceptors (Lipinski definition) is 5. The number of hydrogen-bond donors (Lipinski definition) is 2. The van der Waals surface area contributed by atoms with Gasteiger partial charge in [-0.05, 0) is 18.2 Å². The molecule has 0 saturated carbocycles. The summed E-state index contributed by atoms with van der Waals surface area (Å²) in [7, 11) is -3.76. The second kappa shape index (κ2) is 7.55. The number of H-pyrrole nitrogens is 1. The number of nitrogens with one attached hydrogen (secondary N) is 2. The second-order valence-electron chi connectivity index (χ2n) is 6.03. The minimum atomic E-state index is -5.09. The summed E-state index contributed by atoms with van der Waals surface area (Å²) in [5.74, 6) is -6.31. The first-order valence-corrected chi connectivity index (χ1v) is 9.69. The number of ether oxygens (including phenoxy) is 1. The summed E-state index contributed by atoms with van der Waals surface area (Å²) >= 11 is 0. The number of carbonyl (C=O) groups is 1. The van der Waals surface area contributed by atoms with Gasteiger partial charge in [-0.15, -0.1) is 0 Å². The number of fused-ring (bicyclic) bond motifs is 1. The molecule has 0 saturated heterocycles. The van der Waals surface area contributed by atoms with Crippen LogP contribution < -0.4 is 9.46 Å². The highest BCUT2D eigenvalue weighted by molar-refractivity contribution is 7.92. The quantitative estimate of drug-likeness (QED) is 0.444. The van der Waals surface area contributed by atoms with Gasteiger partial charge in [-0.1, -0.05) is 0 Å². The zero-order valence-corrected chi connectivity index (χ0v) is 15.8. The summed E-state index contributed by atoms with van der Waals surface area (Å²) < 4.78 is 96.0. The largest absolute Gasteiger partial charge is 0.496 e. The lowest BCUT2D eigenvalue weighted by atomic mass is 10.0. The predicted molar refractivity (Wildman–Crippen MR) is 95.9 cm³/mol. The molecule has 160 valence electrons. The molecule has 2 N–H and O–H groups in total. The van der Waals surface area contributed by atoms with Gasteiger partial charge in [0.05, 0.1) is 29.3 Å². The highest BCUT2D eigenvalue weighted by Crippen LogP contribution is 2.31. The number of aromatic nitrogens is 2. The van der Waals surface area contributed by atoms with E-state index in [9.17, 15) is 35.2 Å². The summed E-state index contributed by atoms with van der Waals surface area (Å²) in [5, 5.41) is 0.117. The fourth-order valence-electron chi connectivity index (χ4n) is 2.77. The van der Waals surface area contributed by atoms with Crippen molar-refractivity contribution in [1.29, 1.82) is 0 Å². The highest BCUT2D eigenvalue weighted by atomic mass is 32.2. The maximum Gasteiger partial charge on any atom is 0.404 e. The van der Waals surface area contributed by atoms with Crippen LogP contribution in [0.5, 0.6) is 5.75 Å². The Kier molecular flexibility index (Phi) is 5.41. The number of alkyl halides is 3. The number of aromatic amines is 1. The third kappa shape index (κ3) is 4.20. The number of halogens is 5. The number of anilines is 1. The van der Waals surface area contributed by atoms with Crippen molar-refractivity contribution in [3.63, 3.8) is 0 Å². The Hall–Kier alpha value is -3.22. The van der Waals surface area contributed by atoms with Crippen molar-refractivity contribution >= 4 is 32.5 Å². The first-order chi connectivity index (χ1) is 13.9. The molecule has 30 heavy (non-hydrogen) atoms. The van der Waals surface area contributed by atoms with E-state index in [1.54, 1.807) is 0 Å². The molecule has 2 aromatic heterocycles. The third-order valence-electron chi connectivity index (χ3n) is 3.94. The number of carbonyl (C=O) groups excluding carboxylic acids is 1. The van der Waals surface area contributed by atoms with Crippen molar-refractivity contribution in [2.75, 3.05) is 17.6 Å². The molecule has 0 atom stereocenters. The molecule has 3 rings (SSSR count). The van der Waals surface area contributed by atoms with Gasteiger partial charge >= 0.3 is 6.18 Å². The number of pyridine rings is 1. The maximum atomic E-state index is 14.8. The number of methoxy groups -OCH3 is 1. The van der Waals surface area contributed by atoms with Gasteiger partial charge in [0.1, 0.15) is 17.2 Å².